The van der Waals surface area contributed by atoms with Crippen LogP contribution in [0.15, 0.2) is 36.4 Å². The van der Waals surface area contributed by atoms with E-state index in [2.05, 4.69) is 19.9 Å². The van der Waals surface area contributed by atoms with E-state index < -0.39 is 0 Å². The Balaban J connectivity index is 1.93. The van der Waals surface area contributed by atoms with Gasteiger partial charge in [-0.2, -0.15) is 0 Å². The molecular formula is C22H27O2P. The molecule has 25 heavy (non-hydrogen) atoms. The predicted octanol–water partition coefficient (Wildman–Crippen LogP) is 6.70. The van der Waals surface area contributed by atoms with Crippen LogP contribution in [0.4, 0.5) is 0 Å². The van der Waals surface area contributed by atoms with Crippen LogP contribution in [0.5, 0.6) is 0 Å². The van der Waals surface area contributed by atoms with E-state index in [-0.39, 0.29) is 19.9 Å². The lowest BCUT2D eigenvalue weighted by Gasteiger charge is -2.14. The zero-order chi connectivity index (χ0) is 18.4. The van der Waals surface area contributed by atoms with Gasteiger partial charge < -0.3 is 0 Å². The summed E-state index contributed by atoms with van der Waals surface area (Å²) in [7, 11) is 0.157. The molecule has 0 N–H and O–H groups in total. The van der Waals surface area contributed by atoms with Crippen molar-refractivity contribution in [2.24, 2.45) is 0 Å². The molecule has 0 spiro atoms. The lowest BCUT2D eigenvalue weighted by atomic mass is 9.90. The monoisotopic (exact) mass is 354 g/mol. The molecule has 2 nitrogen and oxygen atoms in total. The molecule has 3 heteroatoms. The molecule has 2 aromatic carbocycles. The first-order chi connectivity index (χ1) is 12.0. The van der Waals surface area contributed by atoms with Crippen molar-refractivity contribution in [2.75, 3.05) is 0 Å². The molecule has 0 saturated carbocycles. The molecule has 0 heterocycles. The number of benzene rings is 2. The maximum Gasteiger partial charge on any atom is 0.163 e. The molecule has 0 fully saturated rings. The topological polar surface area (TPSA) is 34.1 Å². The molecule has 0 aliphatic carbocycles. The third-order valence-corrected chi connectivity index (χ3v) is 5.89. The zero-order valence-corrected chi connectivity index (χ0v) is 16.5. The summed E-state index contributed by atoms with van der Waals surface area (Å²) in [5.74, 6) is 0.231. The summed E-state index contributed by atoms with van der Waals surface area (Å²) >= 11 is 0. The van der Waals surface area contributed by atoms with Gasteiger partial charge in [0.05, 0.1) is 5.66 Å². The maximum atomic E-state index is 12.7. The van der Waals surface area contributed by atoms with Gasteiger partial charge in [-0.1, -0.05) is 42.8 Å². The van der Waals surface area contributed by atoms with E-state index in [0.717, 1.165) is 41.5 Å². The fourth-order valence-electron chi connectivity index (χ4n) is 3.42. The second-order valence-electron chi connectivity index (χ2n) is 6.84. The molecule has 2 aromatic rings. The van der Waals surface area contributed by atoms with Gasteiger partial charge in [-0.25, -0.2) is 0 Å². The molecule has 0 amide bonds. The average molecular weight is 354 g/mol. The van der Waals surface area contributed by atoms with Crippen molar-refractivity contribution in [2.45, 2.75) is 59.0 Å². The van der Waals surface area contributed by atoms with Crippen LogP contribution in [0, 0.1) is 27.7 Å². The zero-order valence-electron chi connectivity index (χ0n) is 15.6. The Labute approximate surface area is 152 Å². The molecule has 1 atom stereocenters. The van der Waals surface area contributed by atoms with Crippen LogP contribution in [-0.2, 0) is 4.57 Å². The lowest BCUT2D eigenvalue weighted by Crippen LogP contribution is -2.07. The summed E-state index contributed by atoms with van der Waals surface area (Å²) < 4.78 is 11.4. The first kappa shape index (κ1) is 19.5. The van der Waals surface area contributed by atoms with Crippen molar-refractivity contribution in [3.05, 3.63) is 69.8 Å². The number of rotatable bonds is 8. The quantitative estimate of drug-likeness (QED) is 0.300. The molecule has 0 radical (unpaired) electrons. The number of hydrogen-bond acceptors (Lipinski definition) is 2. The number of Topliss-reactive ketones (excluding diaryl/α,β-unsaturated/α-hetero) is 1. The van der Waals surface area contributed by atoms with Crippen molar-refractivity contribution in [3.63, 3.8) is 0 Å². The summed E-state index contributed by atoms with van der Waals surface area (Å²) in [6.45, 7) is 8.24. The van der Waals surface area contributed by atoms with Crippen molar-refractivity contribution in [1.82, 2.24) is 0 Å². The molecule has 0 aromatic heterocycles. The third-order valence-electron chi connectivity index (χ3n) is 5.08. The Kier molecular flexibility index (Phi) is 7.08. The van der Waals surface area contributed by atoms with Gasteiger partial charge in [-0.3, -0.25) is 9.36 Å². The fraction of sp³-hybridized carbons (Fsp3) is 0.409. The van der Waals surface area contributed by atoms with Gasteiger partial charge in [0.15, 0.2) is 14.2 Å². The molecule has 132 valence electrons. The highest BCUT2D eigenvalue weighted by atomic mass is 31.1. The van der Waals surface area contributed by atoms with Crippen molar-refractivity contribution in [3.8, 4) is 0 Å². The minimum atomic E-state index is 0.0291. The third kappa shape index (κ3) is 4.86. The Bertz CT molecular complexity index is 750. The number of aryl methyl sites for hydroxylation is 2. The normalized spacial score (nSPS) is 12.3. The van der Waals surface area contributed by atoms with E-state index in [1.807, 2.05) is 44.2 Å². The minimum Gasteiger partial charge on any atom is -0.294 e. The largest absolute Gasteiger partial charge is 0.294 e. The van der Waals surface area contributed by atoms with Crippen LogP contribution in [-0.4, -0.2) is 5.78 Å². The molecule has 0 saturated heterocycles. The van der Waals surface area contributed by atoms with Crippen molar-refractivity contribution < 1.29 is 9.36 Å². The van der Waals surface area contributed by atoms with Gasteiger partial charge in [0, 0.05) is 12.0 Å². The molecule has 2 rings (SSSR count). The molecular weight excluding hydrogens is 327 g/mol. The van der Waals surface area contributed by atoms with E-state index in [1.165, 1.54) is 11.1 Å². The van der Waals surface area contributed by atoms with E-state index in [1.54, 1.807) is 0 Å². The van der Waals surface area contributed by atoms with Crippen LogP contribution < -0.4 is 0 Å². The van der Waals surface area contributed by atoms with Gasteiger partial charge in [0.25, 0.3) is 0 Å². The fourth-order valence-corrected chi connectivity index (χ4v) is 4.00. The summed E-state index contributed by atoms with van der Waals surface area (Å²) in [6.07, 6.45) is 3.14. The summed E-state index contributed by atoms with van der Waals surface area (Å²) in [5.41, 5.74) is 6.67. The predicted molar refractivity (Wildman–Crippen MR) is 105 cm³/mol. The number of carbonyl (C=O) groups is 1. The standard InChI is InChI=1S/C22H27O2P/c1-15-14-16(2)22(18(4)17(15)3)20(23)12-8-9-13-21(25-24)19-10-6-5-7-11-19/h5-7,10-11,14,21H,8-9,12-13H2,1-4H3. The van der Waals surface area contributed by atoms with Crippen LogP contribution in [0.3, 0.4) is 0 Å². The van der Waals surface area contributed by atoms with Crippen LogP contribution in [0.25, 0.3) is 0 Å². The highest BCUT2D eigenvalue weighted by Crippen LogP contribution is 2.32. The van der Waals surface area contributed by atoms with E-state index in [0.29, 0.717) is 6.42 Å². The molecule has 0 aliphatic rings. The summed E-state index contributed by atoms with van der Waals surface area (Å²) in [4.78, 5) is 12.7. The van der Waals surface area contributed by atoms with Gasteiger partial charge in [-0.15, -0.1) is 0 Å². The second-order valence-corrected chi connectivity index (χ2v) is 7.67. The van der Waals surface area contributed by atoms with Gasteiger partial charge >= 0.3 is 0 Å². The van der Waals surface area contributed by atoms with Crippen molar-refractivity contribution in [1.29, 1.82) is 0 Å². The Hall–Kier alpha value is -1.79. The van der Waals surface area contributed by atoms with Gasteiger partial charge in [0.2, 0.25) is 0 Å². The van der Waals surface area contributed by atoms with Gasteiger partial charge in [-0.05, 0) is 68.4 Å². The van der Waals surface area contributed by atoms with Crippen molar-refractivity contribution >= 4 is 14.2 Å². The highest BCUT2D eigenvalue weighted by molar-refractivity contribution is 7.24. The first-order valence-corrected chi connectivity index (χ1v) is 9.81. The van der Waals surface area contributed by atoms with E-state index in [9.17, 15) is 9.36 Å². The Morgan fingerprint density at radius 2 is 1.64 bits per heavy atom. The Morgan fingerprint density at radius 1 is 0.960 bits per heavy atom. The highest BCUT2D eigenvalue weighted by Gasteiger charge is 2.16. The van der Waals surface area contributed by atoms with Crippen LogP contribution in [0.1, 0.15) is 69.5 Å². The molecule has 0 aliphatic heterocycles. The number of ketones is 1. The number of unbranched alkanes of at least 4 members (excludes halogenated alkanes) is 1. The molecule has 0 bridgehead atoms. The SMILES string of the molecule is Cc1cc(C)c(C(=O)CCCCC(P=O)c2ccccc2)c(C)c1C. The maximum absolute atomic E-state index is 12.7. The first-order valence-electron chi connectivity index (χ1n) is 8.93. The van der Waals surface area contributed by atoms with Crippen LogP contribution in [0.2, 0.25) is 0 Å². The lowest BCUT2D eigenvalue weighted by molar-refractivity contribution is 0.0978. The smallest absolute Gasteiger partial charge is 0.163 e. The van der Waals surface area contributed by atoms with Crippen LogP contribution >= 0.6 is 8.46 Å². The molecule has 1 unspecified atom stereocenters. The van der Waals surface area contributed by atoms with E-state index >= 15 is 0 Å². The Morgan fingerprint density at radius 3 is 2.28 bits per heavy atom. The minimum absolute atomic E-state index is 0.0291. The van der Waals surface area contributed by atoms with Gasteiger partial charge in [0.1, 0.15) is 0 Å². The average Bonchev–Trinajstić information content (AvgIpc) is 2.60. The summed E-state index contributed by atoms with van der Waals surface area (Å²) in [6, 6.07) is 12.1. The number of carbonyl (C=O) groups excluding carboxylic acids is 1. The second kappa shape index (κ2) is 9.06. The summed E-state index contributed by atoms with van der Waals surface area (Å²) in [5, 5.41) is 0. The number of hydrogen-bond donors (Lipinski definition) is 0. The van der Waals surface area contributed by atoms with E-state index in [4.69, 9.17) is 0 Å².